The van der Waals surface area contributed by atoms with Crippen molar-refractivity contribution < 1.29 is 9.53 Å². The molecule has 3 atom stereocenters. The van der Waals surface area contributed by atoms with Crippen LogP contribution in [-0.2, 0) is 11.2 Å². The van der Waals surface area contributed by atoms with Crippen LogP contribution in [0.1, 0.15) is 30.4 Å². The van der Waals surface area contributed by atoms with Crippen molar-refractivity contribution in [3.05, 3.63) is 29.3 Å². The number of fused-ring (bicyclic) bond motifs is 3. The van der Waals surface area contributed by atoms with Crippen LogP contribution in [0.3, 0.4) is 0 Å². The topological polar surface area (TPSA) is 26.3 Å². The van der Waals surface area contributed by atoms with E-state index in [2.05, 4.69) is 19.1 Å². The normalized spacial score (nSPS) is 31.4. The zero-order valence-electron chi connectivity index (χ0n) is 9.69. The van der Waals surface area contributed by atoms with Gasteiger partial charge in [-0.25, -0.2) is 0 Å². The lowest BCUT2D eigenvalue weighted by molar-refractivity contribution is -0.138. The highest BCUT2D eigenvalue weighted by Crippen LogP contribution is 2.51. The third-order valence-electron chi connectivity index (χ3n) is 4.22. The maximum Gasteiger partial charge on any atom is 0.140 e. The van der Waals surface area contributed by atoms with E-state index in [-0.39, 0.29) is 11.8 Å². The molecule has 2 heteroatoms. The van der Waals surface area contributed by atoms with Gasteiger partial charge in [0, 0.05) is 17.8 Å². The molecule has 1 aromatic rings. The Labute approximate surface area is 95.6 Å². The molecule has 0 saturated heterocycles. The number of rotatable bonds is 1. The molecule has 2 aliphatic carbocycles. The fraction of sp³-hybridized carbons (Fsp3) is 0.500. The number of hydrogen-bond donors (Lipinski definition) is 0. The first kappa shape index (κ1) is 9.88. The molecule has 2 aliphatic rings. The lowest BCUT2D eigenvalue weighted by Gasteiger charge is -2.45. The second-order valence-corrected chi connectivity index (χ2v) is 4.93. The number of Topliss-reactive ketones (excluding diaryl/α,β-unsaturated/α-hetero) is 1. The maximum atomic E-state index is 11.7. The molecular weight excluding hydrogens is 200 g/mol. The van der Waals surface area contributed by atoms with Gasteiger partial charge < -0.3 is 4.74 Å². The van der Waals surface area contributed by atoms with Crippen LogP contribution in [0.2, 0.25) is 0 Å². The first-order valence-electron chi connectivity index (χ1n) is 5.93. The Kier molecular flexibility index (Phi) is 2.06. The summed E-state index contributed by atoms with van der Waals surface area (Å²) in [5.41, 5.74) is 2.75. The molecule has 1 aromatic carbocycles. The van der Waals surface area contributed by atoms with E-state index in [1.165, 1.54) is 11.1 Å². The van der Waals surface area contributed by atoms with Crippen molar-refractivity contribution >= 4 is 5.78 Å². The van der Waals surface area contributed by atoms with Gasteiger partial charge in [0.15, 0.2) is 0 Å². The van der Waals surface area contributed by atoms with Crippen molar-refractivity contribution in [2.24, 2.45) is 11.8 Å². The Bertz CT molecular complexity index is 450. The lowest BCUT2D eigenvalue weighted by Crippen LogP contribution is -2.46. The highest BCUT2D eigenvalue weighted by atomic mass is 16.5. The van der Waals surface area contributed by atoms with Crippen LogP contribution in [0.25, 0.3) is 0 Å². The van der Waals surface area contributed by atoms with Crippen LogP contribution in [0.5, 0.6) is 5.75 Å². The van der Waals surface area contributed by atoms with Crippen molar-refractivity contribution in [1.82, 2.24) is 0 Å². The minimum absolute atomic E-state index is 0.205. The summed E-state index contributed by atoms with van der Waals surface area (Å²) in [5.74, 6) is 2.31. The second-order valence-electron chi connectivity index (χ2n) is 4.93. The SMILES string of the molecule is COc1ccc2c(c1)C1C(C)C(=O)C1CC2. The van der Waals surface area contributed by atoms with E-state index in [4.69, 9.17) is 4.74 Å². The van der Waals surface area contributed by atoms with Crippen molar-refractivity contribution in [3.8, 4) is 5.75 Å². The van der Waals surface area contributed by atoms with E-state index in [9.17, 15) is 4.79 Å². The summed E-state index contributed by atoms with van der Waals surface area (Å²) in [6.07, 6.45) is 2.08. The molecule has 0 aromatic heterocycles. The van der Waals surface area contributed by atoms with Crippen LogP contribution in [0.15, 0.2) is 18.2 Å². The molecule has 1 fully saturated rings. The van der Waals surface area contributed by atoms with Gasteiger partial charge in [-0.15, -0.1) is 0 Å². The number of methoxy groups -OCH3 is 1. The third-order valence-corrected chi connectivity index (χ3v) is 4.22. The highest BCUT2D eigenvalue weighted by Gasteiger charge is 2.49. The molecule has 0 spiro atoms. The summed E-state index contributed by atoms with van der Waals surface area (Å²) in [4.78, 5) is 11.7. The Morgan fingerprint density at radius 2 is 2.19 bits per heavy atom. The Morgan fingerprint density at radius 3 is 2.94 bits per heavy atom. The predicted molar refractivity (Wildman–Crippen MR) is 61.7 cm³/mol. The van der Waals surface area contributed by atoms with E-state index in [0.717, 1.165) is 18.6 Å². The molecule has 0 aliphatic heterocycles. The summed E-state index contributed by atoms with van der Waals surface area (Å²) < 4.78 is 5.27. The fourth-order valence-electron chi connectivity index (χ4n) is 3.28. The summed E-state index contributed by atoms with van der Waals surface area (Å²) in [5, 5.41) is 0. The zero-order valence-corrected chi connectivity index (χ0v) is 9.69. The largest absolute Gasteiger partial charge is 0.497 e. The number of carbonyl (C=O) groups excluding carboxylic acids is 1. The number of hydrogen-bond acceptors (Lipinski definition) is 2. The highest BCUT2D eigenvalue weighted by molar-refractivity contribution is 5.92. The summed E-state index contributed by atoms with van der Waals surface area (Å²) in [6.45, 7) is 2.05. The monoisotopic (exact) mass is 216 g/mol. The van der Waals surface area contributed by atoms with Crippen molar-refractivity contribution in [3.63, 3.8) is 0 Å². The van der Waals surface area contributed by atoms with Gasteiger partial charge in [-0.3, -0.25) is 4.79 Å². The summed E-state index contributed by atoms with van der Waals surface area (Å²) >= 11 is 0. The minimum Gasteiger partial charge on any atom is -0.497 e. The van der Waals surface area contributed by atoms with E-state index in [1.807, 2.05) is 6.07 Å². The standard InChI is InChI=1S/C14H16O2/c1-8-13-11(14(8)15)6-4-9-3-5-10(16-2)7-12(9)13/h3,5,7-8,11,13H,4,6H2,1-2H3. The third kappa shape index (κ3) is 1.16. The van der Waals surface area contributed by atoms with E-state index in [1.54, 1.807) is 7.11 Å². The van der Waals surface area contributed by atoms with Crippen LogP contribution in [-0.4, -0.2) is 12.9 Å². The molecule has 0 heterocycles. The predicted octanol–water partition coefficient (Wildman–Crippen LogP) is 2.56. The lowest BCUT2D eigenvalue weighted by atomic mass is 9.56. The molecule has 1 saturated carbocycles. The first-order chi connectivity index (χ1) is 7.72. The Morgan fingerprint density at radius 1 is 1.38 bits per heavy atom. The Hall–Kier alpha value is -1.31. The zero-order chi connectivity index (χ0) is 11.3. The molecule has 16 heavy (non-hydrogen) atoms. The number of carbonyl (C=O) groups is 1. The average Bonchev–Trinajstić information content (AvgIpc) is 2.35. The second kappa shape index (κ2) is 3.34. The maximum absolute atomic E-state index is 11.7. The van der Waals surface area contributed by atoms with E-state index in [0.29, 0.717) is 11.7 Å². The summed E-state index contributed by atoms with van der Waals surface area (Å²) in [7, 11) is 1.69. The van der Waals surface area contributed by atoms with Gasteiger partial charge in [-0.1, -0.05) is 13.0 Å². The van der Waals surface area contributed by atoms with Crippen molar-refractivity contribution in [2.45, 2.75) is 25.7 Å². The van der Waals surface area contributed by atoms with Gasteiger partial charge in [0.2, 0.25) is 0 Å². The van der Waals surface area contributed by atoms with E-state index >= 15 is 0 Å². The molecule has 0 amide bonds. The molecule has 0 bridgehead atoms. The van der Waals surface area contributed by atoms with Crippen molar-refractivity contribution in [1.29, 1.82) is 0 Å². The van der Waals surface area contributed by atoms with Gasteiger partial charge in [0.25, 0.3) is 0 Å². The first-order valence-corrected chi connectivity index (χ1v) is 5.93. The van der Waals surface area contributed by atoms with Crippen LogP contribution < -0.4 is 4.74 Å². The molecule has 3 rings (SSSR count). The number of benzene rings is 1. The van der Waals surface area contributed by atoms with Crippen molar-refractivity contribution in [2.75, 3.05) is 7.11 Å². The molecular formula is C14H16O2. The Balaban J connectivity index is 2.04. The van der Waals surface area contributed by atoms with Gasteiger partial charge in [-0.2, -0.15) is 0 Å². The fourth-order valence-corrected chi connectivity index (χ4v) is 3.28. The average molecular weight is 216 g/mol. The molecule has 84 valence electrons. The molecule has 0 radical (unpaired) electrons. The number of ketones is 1. The van der Waals surface area contributed by atoms with Gasteiger partial charge in [0.1, 0.15) is 11.5 Å². The van der Waals surface area contributed by atoms with Gasteiger partial charge in [-0.05, 0) is 36.1 Å². The van der Waals surface area contributed by atoms with Gasteiger partial charge in [0.05, 0.1) is 7.11 Å². The van der Waals surface area contributed by atoms with Crippen LogP contribution in [0.4, 0.5) is 0 Å². The van der Waals surface area contributed by atoms with Crippen LogP contribution >= 0.6 is 0 Å². The van der Waals surface area contributed by atoms with E-state index < -0.39 is 0 Å². The molecule has 0 N–H and O–H groups in total. The number of aryl methyl sites for hydroxylation is 1. The molecule has 3 unspecified atom stereocenters. The molecule has 2 nitrogen and oxygen atoms in total. The smallest absolute Gasteiger partial charge is 0.140 e. The summed E-state index contributed by atoms with van der Waals surface area (Å²) in [6, 6.07) is 6.29. The number of ether oxygens (including phenoxy) is 1. The van der Waals surface area contributed by atoms with Gasteiger partial charge >= 0.3 is 0 Å². The minimum atomic E-state index is 0.205. The van der Waals surface area contributed by atoms with Crippen LogP contribution in [0, 0.1) is 11.8 Å². The quantitative estimate of drug-likeness (QED) is 0.721.